The number of carbonyl (C=O) groups is 2. The average Bonchev–Trinajstić information content (AvgIpc) is 2.74. The lowest BCUT2D eigenvalue weighted by Gasteiger charge is -2.37. The van der Waals surface area contributed by atoms with Gasteiger partial charge in [-0.2, -0.15) is 0 Å². The fourth-order valence-electron chi connectivity index (χ4n) is 3.79. The summed E-state index contributed by atoms with van der Waals surface area (Å²) in [7, 11) is 0. The van der Waals surface area contributed by atoms with Gasteiger partial charge in [-0.3, -0.25) is 0 Å². The van der Waals surface area contributed by atoms with Crippen molar-refractivity contribution in [3.63, 3.8) is 0 Å². The number of hydrogen-bond donors (Lipinski definition) is 1. The predicted molar refractivity (Wildman–Crippen MR) is 120 cm³/mol. The smallest absolute Gasteiger partial charge is 0.340 e. The predicted octanol–water partition coefficient (Wildman–Crippen LogP) is 4.61. The number of ether oxygens (including phenoxy) is 1. The number of esters is 1. The Labute approximate surface area is 178 Å². The maximum atomic E-state index is 12.8. The van der Waals surface area contributed by atoms with Crippen molar-refractivity contribution in [3.8, 4) is 0 Å². The standard InChI is InChI=1S/C24H31N3O3/c1-4-5-17-30-23(28)20-11-6-7-12-21(20)25-24(29)27-15-13-26(14-16-27)22-18(2)9-8-10-19(22)3/h6-12H,4-5,13-17H2,1-3H3,(H,25,29). The van der Waals surface area contributed by atoms with E-state index < -0.39 is 5.97 Å². The van der Waals surface area contributed by atoms with Crippen LogP contribution in [0.5, 0.6) is 0 Å². The van der Waals surface area contributed by atoms with Crippen molar-refractivity contribution in [3.05, 3.63) is 59.2 Å². The summed E-state index contributed by atoms with van der Waals surface area (Å²) >= 11 is 0. The number of aryl methyl sites for hydroxylation is 2. The summed E-state index contributed by atoms with van der Waals surface area (Å²) in [5.41, 5.74) is 4.64. The van der Waals surface area contributed by atoms with E-state index in [-0.39, 0.29) is 6.03 Å². The van der Waals surface area contributed by atoms with Crippen LogP contribution in [0.1, 0.15) is 41.3 Å². The number of nitrogens with zero attached hydrogens (tertiary/aromatic N) is 2. The van der Waals surface area contributed by atoms with E-state index >= 15 is 0 Å². The number of hydrogen-bond acceptors (Lipinski definition) is 4. The zero-order valence-corrected chi connectivity index (χ0v) is 18.1. The molecule has 160 valence electrons. The van der Waals surface area contributed by atoms with Gasteiger partial charge in [-0.05, 0) is 43.5 Å². The first-order valence-electron chi connectivity index (χ1n) is 10.6. The first-order valence-corrected chi connectivity index (χ1v) is 10.6. The van der Waals surface area contributed by atoms with Gasteiger partial charge in [-0.25, -0.2) is 9.59 Å². The first kappa shape index (κ1) is 21.7. The third-order valence-corrected chi connectivity index (χ3v) is 5.44. The Bertz CT molecular complexity index is 869. The molecular weight excluding hydrogens is 378 g/mol. The lowest BCUT2D eigenvalue weighted by atomic mass is 10.1. The van der Waals surface area contributed by atoms with Crippen LogP contribution in [0.15, 0.2) is 42.5 Å². The average molecular weight is 410 g/mol. The molecule has 2 amide bonds. The molecule has 1 N–H and O–H groups in total. The Morgan fingerprint density at radius 2 is 1.63 bits per heavy atom. The number of urea groups is 1. The molecule has 0 aliphatic carbocycles. The van der Waals surface area contributed by atoms with Gasteiger partial charge >= 0.3 is 12.0 Å². The third kappa shape index (κ3) is 5.12. The molecule has 1 saturated heterocycles. The lowest BCUT2D eigenvalue weighted by Crippen LogP contribution is -2.50. The van der Waals surface area contributed by atoms with Crippen molar-refractivity contribution in [2.75, 3.05) is 43.0 Å². The third-order valence-electron chi connectivity index (χ3n) is 5.44. The number of amides is 2. The highest BCUT2D eigenvalue weighted by Crippen LogP contribution is 2.26. The molecule has 1 fully saturated rings. The van der Waals surface area contributed by atoms with Gasteiger partial charge in [0.05, 0.1) is 17.9 Å². The minimum absolute atomic E-state index is 0.190. The Hall–Kier alpha value is -3.02. The van der Waals surface area contributed by atoms with Crippen LogP contribution in [0.4, 0.5) is 16.2 Å². The van der Waals surface area contributed by atoms with Crippen LogP contribution < -0.4 is 10.2 Å². The molecule has 0 bridgehead atoms. The zero-order valence-electron chi connectivity index (χ0n) is 18.1. The van der Waals surface area contributed by atoms with E-state index in [1.165, 1.54) is 16.8 Å². The first-order chi connectivity index (χ1) is 14.5. The number of unbranched alkanes of at least 4 members (excludes halogenated alkanes) is 1. The van der Waals surface area contributed by atoms with Crippen molar-refractivity contribution >= 4 is 23.4 Å². The maximum absolute atomic E-state index is 12.8. The summed E-state index contributed by atoms with van der Waals surface area (Å²) in [6, 6.07) is 13.1. The van der Waals surface area contributed by atoms with Crippen LogP contribution in [-0.2, 0) is 4.74 Å². The summed E-state index contributed by atoms with van der Waals surface area (Å²) < 4.78 is 5.31. The molecule has 30 heavy (non-hydrogen) atoms. The fourth-order valence-corrected chi connectivity index (χ4v) is 3.79. The van der Waals surface area contributed by atoms with Gasteiger partial charge in [0, 0.05) is 31.9 Å². The van der Waals surface area contributed by atoms with Crippen LogP contribution in [0, 0.1) is 13.8 Å². The largest absolute Gasteiger partial charge is 0.462 e. The Morgan fingerprint density at radius 3 is 2.30 bits per heavy atom. The minimum atomic E-state index is -0.404. The zero-order chi connectivity index (χ0) is 21.5. The second-order valence-corrected chi connectivity index (χ2v) is 7.68. The van der Waals surface area contributed by atoms with E-state index in [0.717, 1.165) is 25.9 Å². The lowest BCUT2D eigenvalue weighted by molar-refractivity contribution is 0.0501. The number of benzene rings is 2. The van der Waals surface area contributed by atoms with E-state index in [9.17, 15) is 9.59 Å². The van der Waals surface area contributed by atoms with Gasteiger partial charge in [0.25, 0.3) is 0 Å². The number of piperazine rings is 1. The molecule has 6 nitrogen and oxygen atoms in total. The molecule has 1 aliphatic rings. The van der Waals surface area contributed by atoms with E-state index in [0.29, 0.717) is 30.9 Å². The van der Waals surface area contributed by atoms with E-state index in [2.05, 4.69) is 42.3 Å². The number of rotatable bonds is 6. The van der Waals surface area contributed by atoms with Crippen LogP contribution in [0.25, 0.3) is 0 Å². The highest BCUT2D eigenvalue weighted by molar-refractivity contribution is 6.00. The Balaban J connectivity index is 1.61. The van der Waals surface area contributed by atoms with Crippen molar-refractivity contribution in [1.29, 1.82) is 0 Å². The van der Waals surface area contributed by atoms with Gasteiger partial charge in [0.15, 0.2) is 0 Å². The van der Waals surface area contributed by atoms with Crippen molar-refractivity contribution < 1.29 is 14.3 Å². The number of carbonyl (C=O) groups excluding carboxylic acids is 2. The van der Waals surface area contributed by atoms with Crippen LogP contribution in [0.3, 0.4) is 0 Å². The molecule has 0 aromatic heterocycles. The molecule has 0 unspecified atom stereocenters. The summed E-state index contributed by atoms with van der Waals surface area (Å²) in [6.45, 7) is 9.49. The topological polar surface area (TPSA) is 61.9 Å². The van der Waals surface area contributed by atoms with E-state index in [1.807, 2.05) is 6.92 Å². The number of para-hydroxylation sites is 2. The van der Waals surface area contributed by atoms with Crippen molar-refractivity contribution in [1.82, 2.24) is 4.90 Å². The van der Waals surface area contributed by atoms with E-state index in [4.69, 9.17) is 4.74 Å². The van der Waals surface area contributed by atoms with Gasteiger partial charge in [0.2, 0.25) is 0 Å². The molecule has 2 aromatic carbocycles. The molecule has 6 heteroatoms. The Morgan fingerprint density at radius 1 is 0.967 bits per heavy atom. The molecule has 1 aliphatic heterocycles. The van der Waals surface area contributed by atoms with Gasteiger partial charge in [-0.1, -0.05) is 43.7 Å². The van der Waals surface area contributed by atoms with Crippen LogP contribution >= 0.6 is 0 Å². The second kappa shape index (κ2) is 10.1. The van der Waals surface area contributed by atoms with Crippen molar-refractivity contribution in [2.45, 2.75) is 33.6 Å². The molecule has 0 saturated carbocycles. The quantitative estimate of drug-likeness (QED) is 0.559. The SMILES string of the molecule is CCCCOC(=O)c1ccccc1NC(=O)N1CCN(c2c(C)cccc2C)CC1. The number of nitrogens with one attached hydrogen (secondary N) is 1. The molecule has 0 atom stereocenters. The summed E-state index contributed by atoms with van der Waals surface area (Å²) in [5.74, 6) is -0.404. The van der Waals surface area contributed by atoms with Crippen molar-refractivity contribution in [2.24, 2.45) is 0 Å². The summed E-state index contributed by atoms with van der Waals surface area (Å²) in [6.07, 6.45) is 1.78. The maximum Gasteiger partial charge on any atom is 0.340 e. The normalized spacial score (nSPS) is 13.8. The Kier molecular flexibility index (Phi) is 7.33. The fraction of sp³-hybridized carbons (Fsp3) is 0.417. The van der Waals surface area contributed by atoms with E-state index in [1.54, 1.807) is 29.2 Å². The summed E-state index contributed by atoms with van der Waals surface area (Å²) in [5, 5.41) is 2.90. The summed E-state index contributed by atoms with van der Waals surface area (Å²) in [4.78, 5) is 29.3. The van der Waals surface area contributed by atoms with Gasteiger partial charge < -0.3 is 19.9 Å². The highest BCUT2D eigenvalue weighted by atomic mass is 16.5. The molecule has 0 radical (unpaired) electrons. The molecular formula is C24H31N3O3. The van der Waals surface area contributed by atoms with Gasteiger partial charge in [-0.15, -0.1) is 0 Å². The minimum Gasteiger partial charge on any atom is -0.462 e. The number of anilines is 2. The van der Waals surface area contributed by atoms with Crippen LogP contribution in [-0.4, -0.2) is 49.7 Å². The molecule has 3 rings (SSSR count). The van der Waals surface area contributed by atoms with Crippen LogP contribution in [0.2, 0.25) is 0 Å². The van der Waals surface area contributed by atoms with Gasteiger partial charge in [0.1, 0.15) is 0 Å². The second-order valence-electron chi connectivity index (χ2n) is 7.68. The monoisotopic (exact) mass is 409 g/mol. The molecule has 0 spiro atoms. The molecule has 2 aromatic rings. The molecule has 1 heterocycles. The highest BCUT2D eigenvalue weighted by Gasteiger charge is 2.24.